The highest BCUT2D eigenvalue weighted by Crippen LogP contribution is 2.44. The molecule has 140 valence electrons. The lowest BCUT2D eigenvalue weighted by Crippen LogP contribution is -2.23. The van der Waals surface area contributed by atoms with Gasteiger partial charge in [0.2, 0.25) is 5.82 Å². The van der Waals surface area contributed by atoms with E-state index in [9.17, 15) is 8.78 Å². The summed E-state index contributed by atoms with van der Waals surface area (Å²) in [5, 5.41) is 0. The maximum atomic E-state index is 14.6. The molecule has 2 saturated carbocycles. The largest absolute Gasteiger partial charge is 0.490 e. The lowest BCUT2D eigenvalue weighted by Gasteiger charge is -2.36. The van der Waals surface area contributed by atoms with Gasteiger partial charge in [0.15, 0.2) is 11.6 Å². The first-order valence-electron chi connectivity index (χ1n) is 10.3. The number of unbranched alkanes of at least 4 members (excludes halogenated alkanes) is 1. The van der Waals surface area contributed by atoms with Crippen LogP contribution >= 0.6 is 0 Å². The zero-order chi connectivity index (χ0) is 17.6. The highest BCUT2D eigenvalue weighted by atomic mass is 19.2. The van der Waals surface area contributed by atoms with E-state index in [0.717, 1.165) is 37.5 Å². The van der Waals surface area contributed by atoms with Crippen LogP contribution in [0.25, 0.3) is 0 Å². The zero-order valence-electron chi connectivity index (χ0n) is 15.5. The van der Waals surface area contributed by atoms with Gasteiger partial charge in [-0.1, -0.05) is 51.5 Å². The van der Waals surface area contributed by atoms with Crippen LogP contribution in [0, 0.1) is 23.5 Å². The van der Waals surface area contributed by atoms with E-state index in [1.54, 1.807) is 12.1 Å². The van der Waals surface area contributed by atoms with Gasteiger partial charge in [-0.25, -0.2) is 4.39 Å². The van der Waals surface area contributed by atoms with Gasteiger partial charge in [0.05, 0.1) is 6.61 Å². The number of ether oxygens (including phenoxy) is 1. The van der Waals surface area contributed by atoms with E-state index in [1.807, 2.05) is 6.92 Å². The second-order valence-corrected chi connectivity index (χ2v) is 7.99. The van der Waals surface area contributed by atoms with E-state index in [1.165, 1.54) is 44.9 Å². The Hall–Kier alpha value is -1.12. The predicted molar refractivity (Wildman–Crippen MR) is 98.0 cm³/mol. The summed E-state index contributed by atoms with van der Waals surface area (Å²) in [5.41, 5.74) is 0.558. The van der Waals surface area contributed by atoms with E-state index in [-0.39, 0.29) is 11.7 Å². The molecule has 0 radical (unpaired) electrons. The third-order valence-corrected chi connectivity index (χ3v) is 6.36. The molecular weight excluding hydrogens is 318 g/mol. The van der Waals surface area contributed by atoms with Crippen molar-refractivity contribution < 1.29 is 13.5 Å². The Balaban J connectivity index is 1.60. The van der Waals surface area contributed by atoms with Crippen molar-refractivity contribution in [2.45, 2.75) is 83.5 Å². The van der Waals surface area contributed by atoms with Crippen LogP contribution < -0.4 is 4.74 Å². The molecule has 0 amide bonds. The van der Waals surface area contributed by atoms with Crippen LogP contribution in [-0.2, 0) is 0 Å². The molecule has 3 rings (SSSR count). The summed E-state index contributed by atoms with van der Waals surface area (Å²) in [7, 11) is 0. The minimum Gasteiger partial charge on any atom is -0.490 e. The molecule has 3 heteroatoms. The van der Waals surface area contributed by atoms with Gasteiger partial charge in [-0.2, -0.15) is 4.39 Å². The van der Waals surface area contributed by atoms with Crippen LogP contribution in [0.3, 0.4) is 0 Å². The molecular formula is C22H32F2O. The lowest BCUT2D eigenvalue weighted by atomic mass is 9.70. The van der Waals surface area contributed by atoms with Crippen molar-refractivity contribution in [2.24, 2.45) is 11.8 Å². The van der Waals surface area contributed by atoms with Crippen LogP contribution in [0.1, 0.15) is 89.0 Å². The zero-order valence-corrected chi connectivity index (χ0v) is 15.5. The number of rotatable bonds is 6. The van der Waals surface area contributed by atoms with Gasteiger partial charge >= 0.3 is 0 Å². The number of halogens is 2. The van der Waals surface area contributed by atoms with E-state index in [2.05, 4.69) is 0 Å². The number of benzene rings is 1. The van der Waals surface area contributed by atoms with Gasteiger partial charge in [-0.05, 0) is 61.5 Å². The molecule has 0 N–H and O–H groups in total. The van der Waals surface area contributed by atoms with Gasteiger partial charge < -0.3 is 4.74 Å². The smallest absolute Gasteiger partial charge is 0.200 e. The summed E-state index contributed by atoms with van der Waals surface area (Å²) in [6, 6.07) is 3.38. The third kappa shape index (κ3) is 4.54. The normalized spacial score (nSPS) is 25.1. The first-order chi connectivity index (χ1) is 12.2. The van der Waals surface area contributed by atoms with Gasteiger partial charge in [-0.15, -0.1) is 0 Å². The quantitative estimate of drug-likeness (QED) is 0.502. The predicted octanol–water partition coefficient (Wildman–Crippen LogP) is 7.00. The van der Waals surface area contributed by atoms with E-state index in [4.69, 9.17) is 4.74 Å². The van der Waals surface area contributed by atoms with Crippen LogP contribution in [0.2, 0.25) is 0 Å². The van der Waals surface area contributed by atoms with Gasteiger partial charge in [0.25, 0.3) is 0 Å². The molecule has 1 nitrogen and oxygen atoms in total. The van der Waals surface area contributed by atoms with Crippen LogP contribution in [0.5, 0.6) is 5.75 Å². The van der Waals surface area contributed by atoms with Crippen LogP contribution in [0.15, 0.2) is 12.1 Å². The monoisotopic (exact) mass is 350 g/mol. The van der Waals surface area contributed by atoms with E-state index >= 15 is 0 Å². The van der Waals surface area contributed by atoms with E-state index < -0.39 is 11.6 Å². The SMILES string of the molecule is CCCCOc1ccc(C2CCC(C3CCCCC3)CC2)c(F)c1F. The second-order valence-electron chi connectivity index (χ2n) is 7.99. The molecule has 1 aromatic rings. The summed E-state index contributed by atoms with van der Waals surface area (Å²) in [4.78, 5) is 0. The first-order valence-corrected chi connectivity index (χ1v) is 10.3. The summed E-state index contributed by atoms with van der Waals surface area (Å²) in [6.45, 7) is 2.49. The molecule has 0 spiro atoms. The van der Waals surface area contributed by atoms with Crippen molar-refractivity contribution in [3.63, 3.8) is 0 Å². The average Bonchev–Trinajstić information content (AvgIpc) is 2.66. The molecule has 0 aromatic heterocycles. The minimum atomic E-state index is -0.803. The molecule has 0 saturated heterocycles. The van der Waals surface area contributed by atoms with Gasteiger partial charge in [0, 0.05) is 0 Å². The molecule has 2 aliphatic carbocycles. The molecule has 2 fully saturated rings. The summed E-state index contributed by atoms with van der Waals surface area (Å²) in [6.07, 6.45) is 13.1. The summed E-state index contributed by atoms with van der Waals surface area (Å²) in [5.74, 6) is 0.425. The molecule has 0 atom stereocenters. The van der Waals surface area contributed by atoms with Crippen molar-refractivity contribution in [3.05, 3.63) is 29.3 Å². The minimum absolute atomic E-state index is 0.0607. The first kappa shape index (κ1) is 18.7. The van der Waals surface area contributed by atoms with Crippen molar-refractivity contribution in [2.75, 3.05) is 6.61 Å². The highest BCUT2D eigenvalue weighted by Gasteiger charge is 2.31. The van der Waals surface area contributed by atoms with Gasteiger partial charge in [-0.3, -0.25) is 0 Å². The molecule has 0 aliphatic heterocycles. The fourth-order valence-corrected chi connectivity index (χ4v) is 4.81. The third-order valence-electron chi connectivity index (χ3n) is 6.36. The molecule has 0 heterocycles. The Kier molecular flexibility index (Phi) is 6.72. The van der Waals surface area contributed by atoms with Gasteiger partial charge in [0.1, 0.15) is 0 Å². The average molecular weight is 350 g/mol. The molecule has 1 aromatic carbocycles. The highest BCUT2D eigenvalue weighted by molar-refractivity contribution is 5.33. The van der Waals surface area contributed by atoms with Crippen molar-refractivity contribution in [3.8, 4) is 5.75 Å². The topological polar surface area (TPSA) is 9.23 Å². The Bertz CT molecular complexity index is 543. The standard InChI is InChI=1S/C22H32F2O/c1-2-3-15-25-20-14-13-19(21(23)22(20)24)18-11-9-17(10-12-18)16-7-5-4-6-8-16/h13-14,16-18H,2-12,15H2,1H3. The van der Waals surface area contributed by atoms with Crippen LogP contribution in [0.4, 0.5) is 8.78 Å². The van der Waals surface area contributed by atoms with E-state index in [0.29, 0.717) is 12.2 Å². The maximum absolute atomic E-state index is 14.6. The van der Waals surface area contributed by atoms with Crippen molar-refractivity contribution in [1.82, 2.24) is 0 Å². The lowest BCUT2D eigenvalue weighted by molar-refractivity contribution is 0.184. The van der Waals surface area contributed by atoms with Crippen molar-refractivity contribution in [1.29, 1.82) is 0 Å². The maximum Gasteiger partial charge on any atom is 0.200 e. The Morgan fingerprint density at radius 2 is 1.56 bits per heavy atom. The molecule has 0 bridgehead atoms. The van der Waals surface area contributed by atoms with Crippen molar-refractivity contribution >= 4 is 0 Å². The Morgan fingerprint density at radius 1 is 0.880 bits per heavy atom. The fraction of sp³-hybridized carbons (Fsp3) is 0.727. The second kappa shape index (κ2) is 9.00. The molecule has 2 aliphatic rings. The fourth-order valence-electron chi connectivity index (χ4n) is 4.81. The van der Waals surface area contributed by atoms with Crippen LogP contribution in [-0.4, -0.2) is 6.61 Å². The summed E-state index contributed by atoms with van der Waals surface area (Å²) >= 11 is 0. The Morgan fingerprint density at radius 3 is 2.24 bits per heavy atom. The Labute approximate surface area is 151 Å². The molecule has 0 unspecified atom stereocenters. The number of hydrogen-bond donors (Lipinski definition) is 0. The number of hydrogen-bond acceptors (Lipinski definition) is 1. The summed E-state index contributed by atoms with van der Waals surface area (Å²) < 4.78 is 34.2. The molecule has 25 heavy (non-hydrogen) atoms.